The van der Waals surface area contributed by atoms with Crippen molar-refractivity contribution in [2.45, 2.75) is 38.9 Å². The summed E-state index contributed by atoms with van der Waals surface area (Å²) in [5.41, 5.74) is 3.67. The number of fused-ring (bicyclic) bond motifs is 1. The number of hydrogen-bond donors (Lipinski definition) is 2. The van der Waals surface area contributed by atoms with E-state index >= 15 is 0 Å². The first-order valence-corrected chi connectivity index (χ1v) is 11.9. The Kier molecular flexibility index (Phi) is 6.50. The number of nitrogens with zero attached hydrogens (tertiary/aromatic N) is 4. The van der Waals surface area contributed by atoms with Crippen LogP contribution in [0.1, 0.15) is 35.7 Å². The lowest BCUT2D eigenvalue weighted by Crippen LogP contribution is -2.47. The zero-order chi connectivity index (χ0) is 24.4. The summed E-state index contributed by atoms with van der Waals surface area (Å²) in [5.74, 6) is 0.146. The van der Waals surface area contributed by atoms with Crippen molar-refractivity contribution in [2.24, 2.45) is 0 Å². The van der Waals surface area contributed by atoms with Crippen LogP contribution in [0.2, 0.25) is 0 Å². The van der Waals surface area contributed by atoms with E-state index in [-0.39, 0.29) is 17.8 Å². The Bertz CT molecular complexity index is 1350. The van der Waals surface area contributed by atoms with Crippen molar-refractivity contribution in [3.8, 4) is 17.0 Å². The molecule has 3 heterocycles. The fourth-order valence-corrected chi connectivity index (χ4v) is 4.73. The average molecular weight is 477 g/mol. The van der Waals surface area contributed by atoms with Crippen LogP contribution in [0, 0.1) is 5.82 Å². The quantitative estimate of drug-likeness (QED) is 0.421. The number of aryl methyl sites for hydroxylation is 1. The SMILES string of the molecule is CCn1cc(-c2n[nH]c3ccc(C(=O)N[C@@H]4CCCN(Cc5c(F)cccc5OC)C4)cc23)cn1. The molecule has 1 aliphatic heterocycles. The lowest BCUT2D eigenvalue weighted by Gasteiger charge is -2.33. The minimum Gasteiger partial charge on any atom is -0.496 e. The predicted octanol–water partition coefficient (Wildman–Crippen LogP) is 3.99. The second-order valence-corrected chi connectivity index (χ2v) is 8.89. The predicted molar refractivity (Wildman–Crippen MR) is 132 cm³/mol. The number of aromatic nitrogens is 4. The van der Waals surface area contributed by atoms with Crippen molar-refractivity contribution in [1.29, 1.82) is 0 Å². The zero-order valence-electron chi connectivity index (χ0n) is 19.9. The Morgan fingerprint density at radius 1 is 1.31 bits per heavy atom. The van der Waals surface area contributed by atoms with Gasteiger partial charge in [-0.3, -0.25) is 19.5 Å². The number of piperidine rings is 1. The van der Waals surface area contributed by atoms with Gasteiger partial charge < -0.3 is 10.1 Å². The first kappa shape index (κ1) is 23.0. The number of amides is 1. The molecule has 1 aliphatic rings. The fourth-order valence-electron chi connectivity index (χ4n) is 4.73. The minimum absolute atomic E-state index is 0.0173. The van der Waals surface area contributed by atoms with Gasteiger partial charge in [0.15, 0.2) is 0 Å². The second-order valence-electron chi connectivity index (χ2n) is 8.89. The Morgan fingerprint density at radius 2 is 2.20 bits per heavy atom. The molecule has 0 spiro atoms. The van der Waals surface area contributed by atoms with Crippen molar-refractivity contribution in [3.05, 3.63) is 65.7 Å². The number of rotatable bonds is 7. The molecular weight excluding hydrogens is 447 g/mol. The maximum atomic E-state index is 14.4. The van der Waals surface area contributed by atoms with Crippen molar-refractivity contribution in [3.63, 3.8) is 0 Å². The Balaban J connectivity index is 1.29. The number of H-pyrrole nitrogens is 1. The molecule has 0 radical (unpaired) electrons. The molecule has 0 unspecified atom stereocenters. The standard InChI is InChI=1S/C26H29FN6O2/c1-3-33-14-18(13-28-33)25-20-12-17(9-10-23(20)30-31-25)26(34)29-19-6-5-11-32(15-19)16-21-22(27)7-4-8-24(21)35-2/h4,7-10,12-14,19H,3,5-6,11,15-16H2,1-2H3,(H,29,34)(H,30,31)/t19-/m1/s1. The smallest absolute Gasteiger partial charge is 0.251 e. The average Bonchev–Trinajstić information content (AvgIpc) is 3.52. The van der Waals surface area contributed by atoms with Gasteiger partial charge in [0.25, 0.3) is 5.91 Å². The molecule has 1 fully saturated rings. The van der Waals surface area contributed by atoms with Crippen LogP contribution in [-0.4, -0.2) is 57.0 Å². The summed E-state index contributed by atoms with van der Waals surface area (Å²) in [5, 5.41) is 15.9. The number of benzene rings is 2. The van der Waals surface area contributed by atoms with E-state index < -0.39 is 0 Å². The normalized spacial score (nSPS) is 16.5. The molecule has 35 heavy (non-hydrogen) atoms. The van der Waals surface area contributed by atoms with E-state index in [4.69, 9.17) is 4.74 Å². The highest BCUT2D eigenvalue weighted by atomic mass is 19.1. The van der Waals surface area contributed by atoms with Crippen LogP contribution in [0.4, 0.5) is 4.39 Å². The number of halogens is 1. The van der Waals surface area contributed by atoms with Crippen LogP contribution in [0.5, 0.6) is 5.75 Å². The summed E-state index contributed by atoms with van der Waals surface area (Å²) < 4.78 is 21.6. The highest BCUT2D eigenvalue weighted by molar-refractivity contribution is 6.01. The van der Waals surface area contributed by atoms with Gasteiger partial charge in [-0.1, -0.05) is 6.07 Å². The van der Waals surface area contributed by atoms with Crippen molar-refractivity contribution >= 4 is 16.8 Å². The van der Waals surface area contributed by atoms with Gasteiger partial charge in [0, 0.05) is 53.9 Å². The van der Waals surface area contributed by atoms with Gasteiger partial charge in [0.1, 0.15) is 17.3 Å². The zero-order valence-corrected chi connectivity index (χ0v) is 19.9. The molecule has 0 aliphatic carbocycles. The third kappa shape index (κ3) is 4.77. The molecule has 8 nitrogen and oxygen atoms in total. The molecule has 4 aromatic rings. The molecule has 0 saturated carbocycles. The van der Waals surface area contributed by atoms with E-state index in [1.54, 1.807) is 31.5 Å². The molecule has 2 aromatic carbocycles. The third-order valence-corrected chi connectivity index (χ3v) is 6.57. The summed E-state index contributed by atoms with van der Waals surface area (Å²) in [6, 6.07) is 10.4. The highest BCUT2D eigenvalue weighted by Crippen LogP contribution is 2.27. The lowest BCUT2D eigenvalue weighted by molar-refractivity contribution is 0.0899. The number of ether oxygens (including phenoxy) is 1. The fraction of sp³-hybridized carbons (Fsp3) is 0.346. The van der Waals surface area contributed by atoms with Crippen molar-refractivity contribution in [1.82, 2.24) is 30.2 Å². The molecular formula is C26H29FN6O2. The number of likely N-dealkylation sites (tertiary alicyclic amines) is 1. The molecule has 5 rings (SSSR count). The molecule has 9 heteroatoms. The summed E-state index contributed by atoms with van der Waals surface area (Å²) in [7, 11) is 1.55. The lowest BCUT2D eigenvalue weighted by atomic mass is 10.0. The van der Waals surface area contributed by atoms with Gasteiger partial charge in [-0.25, -0.2) is 4.39 Å². The molecule has 2 aromatic heterocycles. The topological polar surface area (TPSA) is 88.1 Å². The Hall–Kier alpha value is -3.72. The van der Waals surface area contributed by atoms with Crippen LogP contribution < -0.4 is 10.1 Å². The second kappa shape index (κ2) is 9.87. The summed E-state index contributed by atoms with van der Waals surface area (Å²) >= 11 is 0. The van der Waals surface area contributed by atoms with Gasteiger partial charge in [-0.15, -0.1) is 0 Å². The third-order valence-electron chi connectivity index (χ3n) is 6.57. The molecule has 2 N–H and O–H groups in total. The number of aromatic amines is 1. The summed E-state index contributed by atoms with van der Waals surface area (Å²) in [4.78, 5) is 15.3. The first-order valence-electron chi connectivity index (χ1n) is 11.9. The number of carbonyl (C=O) groups excluding carboxylic acids is 1. The van der Waals surface area contributed by atoms with Gasteiger partial charge in [0.05, 0.1) is 18.8 Å². The summed E-state index contributed by atoms with van der Waals surface area (Å²) in [6.45, 7) is 4.75. The van der Waals surface area contributed by atoms with E-state index in [2.05, 4.69) is 25.5 Å². The largest absolute Gasteiger partial charge is 0.496 e. The van der Waals surface area contributed by atoms with Crippen LogP contribution in [0.25, 0.3) is 22.2 Å². The van der Waals surface area contributed by atoms with Crippen LogP contribution in [0.3, 0.4) is 0 Å². The van der Waals surface area contributed by atoms with Crippen molar-refractivity contribution < 1.29 is 13.9 Å². The van der Waals surface area contributed by atoms with Gasteiger partial charge >= 0.3 is 0 Å². The van der Waals surface area contributed by atoms with E-state index in [0.29, 0.717) is 30.0 Å². The maximum absolute atomic E-state index is 14.4. The minimum atomic E-state index is -0.274. The Morgan fingerprint density at radius 3 is 3.00 bits per heavy atom. The van der Waals surface area contributed by atoms with E-state index in [1.807, 2.05) is 29.9 Å². The van der Waals surface area contributed by atoms with E-state index in [1.165, 1.54) is 6.07 Å². The molecule has 1 amide bonds. The Labute approximate surface area is 203 Å². The first-order chi connectivity index (χ1) is 17.1. The summed E-state index contributed by atoms with van der Waals surface area (Å²) in [6.07, 6.45) is 5.54. The highest BCUT2D eigenvalue weighted by Gasteiger charge is 2.24. The molecule has 182 valence electrons. The number of carbonyl (C=O) groups is 1. The van der Waals surface area contributed by atoms with Crippen LogP contribution in [-0.2, 0) is 13.1 Å². The van der Waals surface area contributed by atoms with Crippen LogP contribution >= 0.6 is 0 Å². The number of hydrogen-bond acceptors (Lipinski definition) is 5. The van der Waals surface area contributed by atoms with Gasteiger partial charge in [-0.2, -0.15) is 10.2 Å². The number of methoxy groups -OCH3 is 1. The van der Waals surface area contributed by atoms with Gasteiger partial charge in [0.2, 0.25) is 0 Å². The molecule has 0 bridgehead atoms. The molecule has 1 atom stereocenters. The van der Waals surface area contributed by atoms with Crippen LogP contribution in [0.15, 0.2) is 48.8 Å². The monoisotopic (exact) mass is 476 g/mol. The molecule has 1 saturated heterocycles. The van der Waals surface area contributed by atoms with Gasteiger partial charge in [-0.05, 0) is 56.6 Å². The van der Waals surface area contributed by atoms with Crippen molar-refractivity contribution in [2.75, 3.05) is 20.2 Å². The maximum Gasteiger partial charge on any atom is 0.251 e. The number of nitrogens with one attached hydrogen (secondary N) is 2. The van der Waals surface area contributed by atoms with E-state index in [9.17, 15) is 9.18 Å². The van der Waals surface area contributed by atoms with E-state index in [0.717, 1.165) is 48.1 Å².